The van der Waals surface area contributed by atoms with Gasteiger partial charge in [-0.05, 0) is 24.3 Å². The van der Waals surface area contributed by atoms with Gasteiger partial charge in [0.25, 0.3) is 5.91 Å². The van der Waals surface area contributed by atoms with E-state index in [9.17, 15) is 22.4 Å². The molecule has 8 heteroatoms. The molecule has 0 heterocycles. The van der Waals surface area contributed by atoms with Crippen molar-refractivity contribution < 1.29 is 22.4 Å². The minimum Gasteiger partial charge on any atom is -0.349 e. The third-order valence-corrected chi connectivity index (χ3v) is 3.78. The maximum absolute atomic E-state index is 14.2. The van der Waals surface area contributed by atoms with Gasteiger partial charge in [0, 0.05) is 15.6 Å². The van der Waals surface area contributed by atoms with E-state index in [0.717, 1.165) is 12.1 Å². The summed E-state index contributed by atoms with van der Waals surface area (Å²) in [5.41, 5.74) is -1.56. The number of rotatable bonds is 4. The summed E-state index contributed by atoms with van der Waals surface area (Å²) in [6.45, 7) is -0.521. The van der Waals surface area contributed by atoms with Gasteiger partial charge >= 0.3 is 6.18 Å². The Kier molecular flexibility index (Phi) is 5.72. The van der Waals surface area contributed by atoms with Crippen LogP contribution in [0.2, 0.25) is 10.0 Å². The molecule has 0 aliphatic heterocycles. The SMILES string of the molecule is O=C(NC[C@H](F)c1ccc(Cl)cc1Cl)c1ccccc1C(F)(F)F. The van der Waals surface area contributed by atoms with Crippen molar-refractivity contribution in [2.45, 2.75) is 12.3 Å². The normalized spacial score (nSPS) is 12.8. The van der Waals surface area contributed by atoms with Crippen molar-refractivity contribution in [2.75, 3.05) is 6.54 Å². The number of carbonyl (C=O) groups is 1. The molecule has 0 bridgehead atoms. The molecule has 1 atom stereocenters. The molecule has 0 fully saturated rings. The molecule has 2 nitrogen and oxygen atoms in total. The van der Waals surface area contributed by atoms with Gasteiger partial charge in [0.1, 0.15) is 6.17 Å². The number of hydrogen-bond donors (Lipinski definition) is 1. The minimum atomic E-state index is -4.68. The lowest BCUT2D eigenvalue weighted by atomic mass is 10.1. The highest BCUT2D eigenvalue weighted by Gasteiger charge is 2.34. The number of nitrogens with one attached hydrogen (secondary N) is 1. The first kappa shape index (κ1) is 18.5. The van der Waals surface area contributed by atoms with Gasteiger partial charge in [-0.2, -0.15) is 13.2 Å². The fraction of sp³-hybridized carbons (Fsp3) is 0.188. The topological polar surface area (TPSA) is 29.1 Å². The largest absolute Gasteiger partial charge is 0.417 e. The molecule has 2 aromatic carbocycles. The van der Waals surface area contributed by atoms with Crippen molar-refractivity contribution in [3.05, 3.63) is 69.2 Å². The van der Waals surface area contributed by atoms with Crippen molar-refractivity contribution in [3.63, 3.8) is 0 Å². The van der Waals surface area contributed by atoms with Crippen LogP contribution in [-0.4, -0.2) is 12.5 Å². The minimum absolute atomic E-state index is 0.0694. The molecular weight excluding hydrogens is 369 g/mol. The van der Waals surface area contributed by atoms with E-state index in [0.29, 0.717) is 5.02 Å². The highest BCUT2D eigenvalue weighted by molar-refractivity contribution is 6.35. The van der Waals surface area contributed by atoms with Crippen LogP contribution in [0.3, 0.4) is 0 Å². The molecule has 2 rings (SSSR count). The standard InChI is InChI=1S/C16H11Cl2F4NO/c17-9-5-6-11(13(18)7-9)14(19)8-23-15(24)10-3-1-2-4-12(10)16(20,21)22/h1-7,14H,8H2,(H,23,24)/t14-/m0/s1. The summed E-state index contributed by atoms with van der Waals surface area (Å²) in [6.07, 6.45) is -6.36. The molecule has 1 amide bonds. The van der Waals surface area contributed by atoms with Crippen LogP contribution >= 0.6 is 23.2 Å². The average molecular weight is 380 g/mol. The van der Waals surface area contributed by atoms with Crippen LogP contribution in [0.25, 0.3) is 0 Å². The Labute approximate surface area is 145 Å². The van der Waals surface area contributed by atoms with E-state index in [1.54, 1.807) is 0 Å². The third kappa shape index (κ3) is 4.39. The number of alkyl halides is 4. The molecule has 0 aliphatic carbocycles. The summed E-state index contributed by atoms with van der Waals surface area (Å²) in [7, 11) is 0. The summed E-state index contributed by atoms with van der Waals surface area (Å²) in [6, 6.07) is 8.41. The van der Waals surface area contributed by atoms with Gasteiger partial charge in [-0.1, -0.05) is 41.4 Å². The van der Waals surface area contributed by atoms with Crippen LogP contribution in [0.5, 0.6) is 0 Å². The van der Waals surface area contributed by atoms with Gasteiger partial charge in [0.05, 0.1) is 17.7 Å². The fourth-order valence-corrected chi connectivity index (χ4v) is 2.60. The Bertz CT molecular complexity index is 749. The van der Waals surface area contributed by atoms with E-state index in [-0.39, 0.29) is 10.6 Å². The number of amides is 1. The average Bonchev–Trinajstić information content (AvgIpc) is 2.51. The molecule has 2 aromatic rings. The molecule has 0 saturated heterocycles. The van der Waals surface area contributed by atoms with E-state index in [2.05, 4.69) is 5.32 Å². The van der Waals surface area contributed by atoms with Crippen LogP contribution in [0, 0.1) is 0 Å². The number of carbonyl (C=O) groups excluding carboxylic acids is 1. The maximum Gasteiger partial charge on any atom is 0.417 e. The zero-order valence-corrected chi connectivity index (χ0v) is 13.5. The van der Waals surface area contributed by atoms with Crippen molar-refractivity contribution >= 4 is 29.1 Å². The van der Waals surface area contributed by atoms with Gasteiger partial charge in [-0.25, -0.2) is 4.39 Å². The Morgan fingerprint density at radius 2 is 1.79 bits per heavy atom. The van der Waals surface area contributed by atoms with E-state index >= 15 is 0 Å². The summed E-state index contributed by atoms with van der Waals surface area (Å²) in [4.78, 5) is 12.0. The zero-order valence-electron chi connectivity index (χ0n) is 12.0. The van der Waals surface area contributed by atoms with Crippen molar-refractivity contribution in [1.82, 2.24) is 5.32 Å². The van der Waals surface area contributed by atoms with E-state index in [1.807, 2.05) is 0 Å². The van der Waals surface area contributed by atoms with Gasteiger partial charge in [0.15, 0.2) is 0 Å². The molecular formula is C16H11Cl2F4NO. The predicted octanol–water partition coefficient (Wildman–Crippen LogP) is 5.45. The van der Waals surface area contributed by atoms with E-state index in [1.165, 1.54) is 30.3 Å². The second-order valence-electron chi connectivity index (χ2n) is 4.89. The fourth-order valence-electron chi connectivity index (χ4n) is 2.07. The molecule has 1 N–H and O–H groups in total. The van der Waals surface area contributed by atoms with Crippen LogP contribution in [0.15, 0.2) is 42.5 Å². The third-order valence-electron chi connectivity index (χ3n) is 3.22. The second kappa shape index (κ2) is 7.40. The predicted molar refractivity (Wildman–Crippen MR) is 84.1 cm³/mol. The van der Waals surface area contributed by atoms with Gasteiger partial charge < -0.3 is 5.32 Å². The summed E-state index contributed by atoms with van der Waals surface area (Å²) < 4.78 is 52.8. The number of benzene rings is 2. The molecule has 0 unspecified atom stereocenters. The van der Waals surface area contributed by atoms with E-state index in [4.69, 9.17) is 23.2 Å². The van der Waals surface area contributed by atoms with Crippen molar-refractivity contribution in [1.29, 1.82) is 0 Å². The summed E-state index contributed by atoms with van der Waals surface area (Å²) in [5.74, 6) is -1.02. The highest BCUT2D eigenvalue weighted by atomic mass is 35.5. The Hall–Kier alpha value is -1.79. The molecule has 0 aromatic heterocycles. The molecule has 128 valence electrons. The summed E-state index contributed by atoms with van der Waals surface area (Å²) in [5, 5.41) is 2.53. The Balaban J connectivity index is 2.11. The Morgan fingerprint density at radius 1 is 1.12 bits per heavy atom. The number of halogens is 6. The monoisotopic (exact) mass is 379 g/mol. The maximum atomic E-state index is 14.2. The zero-order chi connectivity index (χ0) is 17.9. The molecule has 0 radical (unpaired) electrons. The first-order valence-corrected chi connectivity index (χ1v) is 7.49. The van der Waals surface area contributed by atoms with Gasteiger partial charge in [-0.3, -0.25) is 4.79 Å². The quantitative estimate of drug-likeness (QED) is 0.702. The second-order valence-corrected chi connectivity index (χ2v) is 5.73. The van der Waals surface area contributed by atoms with E-state index < -0.39 is 35.9 Å². The highest BCUT2D eigenvalue weighted by Crippen LogP contribution is 2.32. The Morgan fingerprint density at radius 3 is 2.42 bits per heavy atom. The lowest BCUT2D eigenvalue weighted by Gasteiger charge is -2.15. The smallest absolute Gasteiger partial charge is 0.349 e. The summed E-state index contributed by atoms with van der Waals surface area (Å²) >= 11 is 11.6. The van der Waals surface area contributed by atoms with Crippen molar-refractivity contribution in [2.24, 2.45) is 0 Å². The van der Waals surface area contributed by atoms with Crippen LogP contribution < -0.4 is 5.32 Å². The number of hydrogen-bond acceptors (Lipinski definition) is 1. The van der Waals surface area contributed by atoms with Crippen LogP contribution in [0.4, 0.5) is 17.6 Å². The van der Waals surface area contributed by atoms with Crippen LogP contribution in [-0.2, 0) is 6.18 Å². The molecule has 0 spiro atoms. The first-order valence-electron chi connectivity index (χ1n) is 6.73. The van der Waals surface area contributed by atoms with Gasteiger partial charge in [-0.15, -0.1) is 0 Å². The van der Waals surface area contributed by atoms with Gasteiger partial charge in [0.2, 0.25) is 0 Å². The lowest BCUT2D eigenvalue weighted by molar-refractivity contribution is -0.137. The first-order chi connectivity index (χ1) is 11.2. The molecule has 0 saturated carbocycles. The lowest BCUT2D eigenvalue weighted by Crippen LogP contribution is -2.29. The van der Waals surface area contributed by atoms with Crippen LogP contribution in [0.1, 0.15) is 27.7 Å². The van der Waals surface area contributed by atoms with Crippen molar-refractivity contribution in [3.8, 4) is 0 Å². The molecule has 24 heavy (non-hydrogen) atoms. The molecule has 0 aliphatic rings.